The van der Waals surface area contributed by atoms with E-state index in [1.807, 2.05) is 55.5 Å². The van der Waals surface area contributed by atoms with Crippen LogP contribution in [0, 0.1) is 6.92 Å². The lowest BCUT2D eigenvalue weighted by Gasteiger charge is -2.19. The molecule has 0 radical (unpaired) electrons. The summed E-state index contributed by atoms with van der Waals surface area (Å²) in [6.45, 7) is 6.00. The summed E-state index contributed by atoms with van der Waals surface area (Å²) >= 11 is 1.32. The largest absolute Gasteiger partial charge is 0.493 e. The molecule has 8 heteroatoms. The third kappa shape index (κ3) is 5.76. The number of para-hydroxylation sites is 1. The molecule has 0 spiro atoms. The molecule has 2 aromatic carbocycles. The quantitative estimate of drug-likeness (QED) is 0.679. The number of benzene rings is 2. The molecule has 158 valence electrons. The van der Waals surface area contributed by atoms with E-state index in [2.05, 4.69) is 10.4 Å². The van der Waals surface area contributed by atoms with E-state index in [9.17, 15) is 9.59 Å². The van der Waals surface area contributed by atoms with Crippen LogP contribution in [0.15, 0.2) is 53.6 Å². The lowest BCUT2D eigenvalue weighted by atomic mass is 10.2. The number of nitrogens with one attached hydrogen (secondary N) is 1. The SMILES string of the molecule is CC(=O)NC1=NN(C(C)=O)[C@@H](c2ccc(OCCCOc3ccccc3C)cc2)S1. The fraction of sp³-hybridized carbons (Fsp3) is 0.318. The molecular weight excluding hydrogens is 402 g/mol. The zero-order valence-electron chi connectivity index (χ0n) is 17.3. The Balaban J connectivity index is 1.49. The summed E-state index contributed by atoms with van der Waals surface area (Å²) < 4.78 is 11.6. The minimum Gasteiger partial charge on any atom is -0.493 e. The average molecular weight is 428 g/mol. The van der Waals surface area contributed by atoms with Crippen molar-refractivity contribution in [2.24, 2.45) is 5.10 Å². The molecule has 0 aliphatic carbocycles. The summed E-state index contributed by atoms with van der Waals surface area (Å²) in [4.78, 5) is 23.2. The minimum absolute atomic E-state index is 0.193. The van der Waals surface area contributed by atoms with Gasteiger partial charge < -0.3 is 14.8 Å². The highest BCUT2D eigenvalue weighted by Gasteiger charge is 2.32. The van der Waals surface area contributed by atoms with Crippen molar-refractivity contribution in [2.75, 3.05) is 13.2 Å². The molecule has 1 aliphatic rings. The number of carbonyl (C=O) groups is 2. The third-order valence-corrected chi connectivity index (χ3v) is 5.43. The first-order valence-electron chi connectivity index (χ1n) is 9.68. The number of nitrogens with zero attached hydrogens (tertiary/aromatic N) is 2. The number of rotatable bonds is 7. The first-order valence-corrected chi connectivity index (χ1v) is 10.6. The molecule has 2 amide bonds. The van der Waals surface area contributed by atoms with E-state index >= 15 is 0 Å². The molecule has 0 aromatic heterocycles. The van der Waals surface area contributed by atoms with Crippen LogP contribution in [0.4, 0.5) is 0 Å². The third-order valence-electron chi connectivity index (χ3n) is 4.32. The van der Waals surface area contributed by atoms with Crippen LogP contribution in [-0.4, -0.2) is 35.2 Å². The molecule has 3 rings (SSSR count). The van der Waals surface area contributed by atoms with Crippen molar-refractivity contribution < 1.29 is 19.1 Å². The second-order valence-electron chi connectivity index (χ2n) is 6.81. The summed E-state index contributed by atoms with van der Waals surface area (Å²) in [6.07, 6.45) is 0.764. The Morgan fingerprint density at radius 3 is 2.43 bits per heavy atom. The fourth-order valence-corrected chi connectivity index (χ4v) is 4.00. The number of amides is 2. The van der Waals surface area contributed by atoms with Crippen LogP contribution in [0.5, 0.6) is 11.5 Å². The second-order valence-corrected chi connectivity index (χ2v) is 7.87. The number of aryl methyl sites for hydroxylation is 1. The lowest BCUT2D eigenvalue weighted by molar-refractivity contribution is -0.129. The van der Waals surface area contributed by atoms with Gasteiger partial charge in [0.2, 0.25) is 11.8 Å². The molecule has 0 bridgehead atoms. The van der Waals surface area contributed by atoms with Crippen LogP contribution in [0.25, 0.3) is 0 Å². The minimum atomic E-state index is -0.319. The maximum absolute atomic E-state index is 11.9. The van der Waals surface area contributed by atoms with Crippen LogP contribution < -0.4 is 14.8 Å². The highest BCUT2D eigenvalue weighted by molar-refractivity contribution is 8.14. The normalized spacial score (nSPS) is 15.5. The average Bonchev–Trinajstić information content (AvgIpc) is 3.13. The van der Waals surface area contributed by atoms with Crippen molar-refractivity contribution in [1.29, 1.82) is 0 Å². The first kappa shape index (κ1) is 21.7. The van der Waals surface area contributed by atoms with Gasteiger partial charge in [0.05, 0.1) is 13.2 Å². The highest BCUT2D eigenvalue weighted by atomic mass is 32.2. The van der Waals surface area contributed by atoms with Crippen molar-refractivity contribution in [2.45, 2.75) is 32.6 Å². The number of hydrogen-bond donors (Lipinski definition) is 1. The summed E-state index contributed by atoms with van der Waals surface area (Å²) in [5.74, 6) is 1.23. The molecule has 1 N–H and O–H groups in total. The molecule has 1 atom stereocenters. The van der Waals surface area contributed by atoms with Crippen molar-refractivity contribution in [3.63, 3.8) is 0 Å². The molecule has 0 saturated carbocycles. The molecule has 30 heavy (non-hydrogen) atoms. The van der Waals surface area contributed by atoms with E-state index in [4.69, 9.17) is 9.47 Å². The van der Waals surface area contributed by atoms with E-state index in [1.54, 1.807) is 0 Å². The van der Waals surface area contributed by atoms with Crippen molar-refractivity contribution in [1.82, 2.24) is 10.3 Å². The second kappa shape index (κ2) is 10.2. The van der Waals surface area contributed by atoms with E-state index in [-0.39, 0.29) is 17.2 Å². The topological polar surface area (TPSA) is 80.2 Å². The van der Waals surface area contributed by atoms with E-state index in [0.29, 0.717) is 18.4 Å². The Morgan fingerprint density at radius 2 is 1.77 bits per heavy atom. The number of amidine groups is 1. The monoisotopic (exact) mass is 427 g/mol. The van der Waals surface area contributed by atoms with Gasteiger partial charge in [-0.1, -0.05) is 42.1 Å². The molecular formula is C22H25N3O4S. The number of hydrogen-bond acceptors (Lipinski definition) is 6. The zero-order valence-corrected chi connectivity index (χ0v) is 18.1. The summed E-state index contributed by atoms with van der Waals surface area (Å²) in [6, 6.07) is 15.5. The highest BCUT2D eigenvalue weighted by Crippen LogP contribution is 2.39. The van der Waals surface area contributed by atoms with Gasteiger partial charge in [0.15, 0.2) is 5.17 Å². The molecule has 1 heterocycles. The Morgan fingerprint density at radius 1 is 1.07 bits per heavy atom. The molecule has 0 fully saturated rings. The fourth-order valence-electron chi connectivity index (χ4n) is 2.86. The predicted molar refractivity (Wildman–Crippen MR) is 117 cm³/mol. The Hall–Kier alpha value is -3.00. The lowest BCUT2D eigenvalue weighted by Crippen LogP contribution is -2.25. The van der Waals surface area contributed by atoms with Gasteiger partial charge in [0.25, 0.3) is 0 Å². The van der Waals surface area contributed by atoms with Crippen molar-refractivity contribution in [3.8, 4) is 11.5 Å². The number of hydrazone groups is 1. The van der Waals surface area contributed by atoms with Gasteiger partial charge in [-0.05, 0) is 36.2 Å². The van der Waals surface area contributed by atoms with E-state index in [1.165, 1.54) is 30.6 Å². The number of carbonyl (C=O) groups excluding carboxylic acids is 2. The maximum atomic E-state index is 11.9. The Bertz CT molecular complexity index is 930. The zero-order chi connectivity index (χ0) is 21.5. The van der Waals surface area contributed by atoms with E-state index < -0.39 is 0 Å². The van der Waals surface area contributed by atoms with Gasteiger partial charge in [-0.2, -0.15) is 0 Å². The molecule has 0 saturated heterocycles. The van der Waals surface area contributed by atoms with Gasteiger partial charge in [-0.3, -0.25) is 9.59 Å². The van der Waals surface area contributed by atoms with Crippen LogP contribution >= 0.6 is 11.8 Å². The van der Waals surface area contributed by atoms with Gasteiger partial charge in [0.1, 0.15) is 16.9 Å². The standard InChI is InChI=1S/C22H25N3O4S/c1-15-7-4-5-8-20(15)29-14-6-13-28-19-11-9-18(10-12-19)21-25(17(3)27)24-22(30-21)23-16(2)26/h4-5,7-12,21H,6,13-14H2,1-3H3,(H,23,24,26)/t21-/m1/s1. The molecule has 7 nitrogen and oxygen atoms in total. The smallest absolute Gasteiger partial charge is 0.241 e. The van der Waals surface area contributed by atoms with Gasteiger partial charge in [-0.15, -0.1) is 5.10 Å². The Kier molecular flexibility index (Phi) is 7.35. The number of ether oxygens (including phenoxy) is 2. The first-order chi connectivity index (χ1) is 14.4. The Labute approximate surface area is 180 Å². The molecule has 0 unspecified atom stereocenters. The molecule has 1 aliphatic heterocycles. The van der Waals surface area contributed by atoms with Crippen LogP contribution in [0.2, 0.25) is 0 Å². The summed E-state index contributed by atoms with van der Waals surface area (Å²) in [5.41, 5.74) is 2.01. The number of thioether (sulfide) groups is 1. The van der Waals surface area contributed by atoms with Crippen molar-refractivity contribution >= 4 is 28.7 Å². The van der Waals surface area contributed by atoms with Crippen LogP contribution in [0.3, 0.4) is 0 Å². The van der Waals surface area contributed by atoms with Gasteiger partial charge >= 0.3 is 0 Å². The molecule has 2 aromatic rings. The van der Waals surface area contributed by atoms with Gasteiger partial charge in [-0.25, -0.2) is 5.01 Å². The van der Waals surface area contributed by atoms with Crippen molar-refractivity contribution in [3.05, 3.63) is 59.7 Å². The summed E-state index contributed by atoms with van der Waals surface area (Å²) in [5, 5.41) is 8.30. The van der Waals surface area contributed by atoms with E-state index in [0.717, 1.165) is 29.0 Å². The van der Waals surface area contributed by atoms with Gasteiger partial charge in [0, 0.05) is 20.3 Å². The van der Waals surface area contributed by atoms with Crippen LogP contribution in [-0.2, 0) is 9.59 Å². The maximum Gasteiger partial charge on any atom is 0.241 e. The van der Waals surface area contributed by atoms with Crippen LogP contribution in [0.1, 0.15) is 36.8 Å². The predicted octanol–water partition coefficient (Wildman–Crippen LogP) is 3.84. The summed E-state index contributed by atoms with van der Waals surface area (Å²) in [7, 11) is 0.